The monoisotopic (exact) mass is 262 g/mol. The van der Waals surface area contributed by atoms with Gasteiger partial charge in [0.15, 0.2) is 17.4 Å². The van der Waals surface area contributed by atoms with Crippen LogP contribution in [-0.2, 0) is 6.42 Å². The number of benzene rings is 1. The summed E-state index contributed by atoms with van der Waals surface area (Å²) in [6.45, 7) is 3.57. The van der Waals surface area contributed by atoms with Crippen molar-refractivity contribution in [3.05, 3.63) is 58.4 Å². The number of hydrogen-bond donors (Lipinski definition) is 0. The number of aromatic nitrogens is 2. The predicted octanol–water partition coefficient (Wildman–Crippen LogP) is 2.86. The second-order valence-electron chi connectivity index (χ2n) is 4.16. The number of halogens is 2. The van der Waals surface area contributed by atoms with Crippen molar-refractivity contribution in [3.8, 4) is 0 Å². The molecule has 0 fully saturated rings. The lowest BCUT2D eigenvalue weighted by molar-refractivity contribution is 0.103. The van der Waals surface area contributed by atoms with E-state index >= 15 is 0 Å². The molecule has 2 rings (SSSR count). The summed E-state index contributed by atoms with van der Waals surface area (Å²) in [6, 6.07) is 4.70. The van der Waals surface area contributed by atoms with Gasteiger partial charge >= 0.3 is 0 Å². The fourth-order valence-corrected chi connectivity index (χ4v) is 1.76. The summed E-state index contributed by atoms with van der Waals surface area (Å²) in [5.41, 5.74) is 1.62. The normalized spacial score (nSPS) is 10.5. The molecule has 0 N–H and O–H groups in total. The summed E-state index contributed by atoms with van der Waals surface area (Å²) >= 11 is 0. The fraction of sp³-hybridized carbons (Fsp3) is 0.214. The highest BCUT2D eigenvalue weighted by atomic mass is 19.2. The summed E-state index contributed by atoms with van der Waals surface area (Å²) in [6.07, 6.45) is 0.540. The van der Waals surface area contributed by atoms with E-state index in [-0.39, 0.29) is 11.3 Å². The van der Waals surface area contributed by atoms with Gasteiger partial charge < -0.3 is 0 Å². The zero-order valence-electron chi connectivity index (χ0n) is 10.6. The number of carbonyl (C=O) groups excluding carboxylic acids is 1. The van der Waals surface area contributed by atoms with Crippen LogP contribution >= 0.6 is 0 Å². The third-order valence-electron chi connectivity index (χ3n) is 2.75. The molecule has 5 heteroatoms. The quantitative estimate of drug-likeness (QED) is 0.799. The van der Waals surface area contributed by atoms with Crippen LogP contribution in [0.5, 0.6) is 0 Å². The van der Waals surface area contributed by atoms with E-state index in [1.165, 1.54) is 6.07 Å². The van der Waals surface area contributed by atoms with Gasteiger partial charge in [-0.25, -0.2) is 8.78 Å². The molecule has 3 nitrogen and oxygen atoms in total. The highest BCUT2D eigenvalue weighted by molar-refractivity contribution is 6.09. The zero-order valence-corrected chi connectivity index (χ0v) is 10.6. The van der Waals surface area contributed by atoms with Gasteiger partial charge in [-0.2, -0.15) is 10.2 Å². The molecule has 0 aliphatic heterocycles. The maximum atomic E-state index is 13.2. The number of rotatable bonds is 3. The lowest BCUT2D eigenvalue weighted by Gasteiger charge is -2.06. The lowest BCUT2D eigenvalue weighted by Crippen LogP contribution is -2.09. The van der Waals surface area contributed by atoms with Crippen molar-refractivity contribution in [1.29, 1.82) is 0 Å². The van der Waals surface area contributed by atoms with Gasteiger partial charge in [-0.05, 0) is 37.6 Å². The standard InChI is InChI=1S/C14H12F2N2O/c1-3-13-10(6-8(2)17-18-13)14(19)9-4-5-11(15)12(16)7-9/h4-7H,3H2,1-2H3. The first-order valence-electron chi connectivity index (χ1n) is 5.86. The average Bonchev–Trinajstić information content (AvgIpc) is 2.41. The maximum Gasteiger partial charge on any atom is 0.195 e. The number of hydrogen-bond acceptors (Lipinski definition) is 3. The minimum absolute atomic E-state index is 0.0981. The second kappa shape index (κ2) is 5.22. The number of ketones is 1. The Balaban J connectivity index is 2.49. The van der Waals surface area contributed by atoms with Crippen LogP contribution in [0, 0.1) is 18.6 Å². The topological polar surface area (TPSA) is 42.9 Å². The number of aryl methyl sites for hydroxylation is 2. The van der Waals surface area contributed by atoms with Gasteiger partial charge in [0.05, 0.1) is 11.4 Å². The molecule has 0 spiro atoms. The van der Waals surface area contributed by atoms with Gasteiger partial charge in [0.2, 0.25) is 0 Å². The van der Waals surface area contributed by atoms with Gasteiger partial charge in [0, 0.05) is 11.1 Å². The van der Waals surface area contributed by atoms with E-state index in [1.54, 1.807) is 13.0 Å². The van der Waals surface area contributed by atoms with Crippen LogP contribution in [0.4, 0.5) is 8.78 Å². The Morgan fingerprint density at radius 1 is 1.16 bits per heavy atom. The van der Waals surface area contributed by atoms with Gasteiger partial charge in [0.25, 0.3) is 0 Å². The Morgan fingerprint density at radius 2 is 1.89 bits per heavy atom. The summed E-state index contributed by atoms with van der Waals surface area (Å²) in [5, 5.41) is 7.83. The third kappa shape index (κ3) is 2.65. The summed E-state index contributed by atoms with van der Waals surface area (Å²) in [5.74, 6) is -2.40. The molecule has 0 aliphatic rings. The Bertz CT molecular complexity index is 641. The molecule has 98 valence electrons. The van der Waals surface area contributed by atoms with Crippen LogP contribution in [0.25, 0.3) is 0 Å². The van der Waals surface area contributed by atoms with E-state index < -0.39 is 11.6 Å². The Morgan fingerprint density at radius 3 is 2.53 bits per heavy atom. The van der Waals surface area contributed by atoms with E-state index in [1.807, 2.05) is 6.92 Å². The van der Waals surface area contributed by atoms with Crippen molar-refractivity contribution < 1.29 is 13.6 Å². The van der Waals surface area contributed by atoms with E-state index in [9.17, 15) is 13.6 Å². The summed E-state index contributed by atoms with van der Waals surface area (Å²) in [7, 11) is 0. The zero-order chi connectivity index (χ0) is 14.0. The first-order valence-corrected chi connectivity index (χ1v) is 5.86. The second-order valence-corrected chi connectivity index (χ2v) is 4.16. The van der Waals surface area contributed by atoms with E-state index in [4.69, 9.17) is 0 Å². The van der Waals surface area contributed by atoms with Crippen molar-refractivity contribution in [2.24, 2.45) is 0 Å². The summed E-state index contributed by atoms with van der Waals surface area (Å²) in [4.78, 5) is 12.3. The predicted molar refractivity (Wildman–Crippen MR) is 65.9 cm³/mol. The number of nitrogens with zero attached hydrogens (tertiary/aromatic N) is 2. The minimum atomic E-state index is -1.04. The van der Waals surface area contributed by atoms with Crippen molar-refractivity contribution in [1.82, 2.24) is 10.2 Å². The average molecular weight is 262 g/mol. The van der Waals surface area contributed by atoms with Crippen molar-refractivity contribution in [2.75, 3.05) is 0 Å². The van der Waals surface area contributed by atoms with Crippen molar-refractivity contribution in [2.45, 2.75) is 20.3 Å². The minimum Gasteiger partial charge on any atom is -0.289 e. The van der Waals surface area contributed by atoms with Crippen LogP contribution in [0.3, 0.4) is 0 Å². The molecule has 1 aromatic carbocycles. The van der Waals surface area contributed by atoms with E-state index in [0.717, 1.165) is 12.1 Å². The van der Waals surface area contributed by atoms with Crippen LogP contribution in [0.2, 0.25) is 0 Å². The highest BCUT2D eigenvalue weighted by Crippen LogP contribution is 2.16. The maximum absolute atomic E-state index is 13.2. The van der Waals surface area contributed by atoms with Crippen LogP contribution in [-0.4, -0.2) is 16.0 Å². The highest BCUT2D eigenvalue weighted by Gasteiger charge is 2.16. The molecule has 2 aromatic rings. The molecule has 0 atom stereocenters. The smallest absolute Gasteiger partial charge is 0.195 e. The molecular weight excluding hydrogens is 250 g/mol. The summed E-state index contributed by atoms with van der Waals surface area (Å²) < 4.78 is 26.0. The molecule has 0 unspecified atom stereocenters. The molecule has 0 bridgehead atoms. The first-order chi connectivity index (χ1) is 9.02. The lowest BCUT2D eigenvalue weighted by atomic mass is 10.0. The molecule has 0 aliphatic carbocycles. The van der Waals surface area contributed by atoms with Gasteiger partial charge in [-0.1, -0.05) is 6.92 Å². The van der Waals surface area contributed by atoms with E-state index in [2.05, 4.69) is 10.2 Å². The SMILES string of the molecule is CCc1nnc(C)cc1C(=O)c1ccc(F)c(F)c1. The molecule has 0 saturated heterocycles. The van der Waals surface area contributed by atoms with Crippen LogP contribution < -0.4 is 0 Å². The first kappa shape index (κ1) is 13.3. The molecule has 0 amide bonds. The van der Waals surface area contributed by atoms with Crippen molar-refractivity contribution >= 4 is 5.78 Å². The number of carbonyl (C=O) groups is 1. The van der Waals surface area contributed by atoms with Crippen molar-refractivity contribution in [3.63, 3.8) is 0 Å². The Labute approximate surface area is 109 Å². The van der Waals surface area contributed by atoms with Crippen LogP contribution in [0.15, 0.2) is 24.3 Å². The Hall–Kier alpha value is -2.17. The van der Waals surface area contributed by atoms with Gasteiger partial charge in [-0.15, -0.1) is 0 Å². The molecule has 0 saturated carbocycles. The molecule has 19 heavy (non-hydrogen) atoms. The third-order valence-corrected chi connectivity index (χ3v) is 2.75. The molecule has 0 radical (unpaired) electrons. The van der Waals surface area contributed by atoms with Gasteiger partial charge in [-0.3, -0.25) is 4.79 Å². The fourth-order valence-electron chi connectivity index (χ4n) is 1.76. The van der Waals surface area contributed by atoms with Gasteiger partial charge in [0.1, 0.15) is 0 Å². The largest absolute Gasteiger partial charge is 0.289 e. The van der Waals surface area contributed by atoms with Crippen LogP contribution in [0.1, 0.15) is 34.2 Å². The molecule has 1 heterocycles. The van der Waals surface area contributed by atoms with E-state index in [0.29, 0.717) is 23.4 Å². The Kier molecular flexibility index (Phi) is 3.64. The molecule has 1 aromatic heterocycles. The molecular formula is C14H12F2N2O.